The largest absolute Gasteiger partial charge is 0.354 e. The maximum Gasteiger partial charge on any atom is 0.328 e. The first-order valence-corrected chi connectivity index (χ1v) is 8.66. The molecule has 0 aliphatic carbocycles. The van der Waals surface area contributed by atoms with Gasteiger partial charge in [-0.25, -0.2) is 17.9 Å². The summed E-state index contributed by atoms with van der Waals surface area (Å²) in [6.45, 7) is 3.57. The topological polar surface area (TPSA) is 100 Å². The van der Waals surface area contributed by atoms with Gasteiger partial charge in [-0.3, -0.25) is 4.98 Å². The predicted molar refractivity (Wildman–Crippen MR) is 92.9 cm³/mol. The van der Waals surface area contributed by atoms with Crippen molar-refractivity contribution in [3.05, 3.63) is 60.4 Å². The highest BCUT2D eigenvalue weighted by atomic mass is 35.5. The van der Waals surface area contributed by atoms with Gasteiger partial charge in [0.1, 0.15) is 4.90 Å². The van der Waals surface area contributed by atoms with E-state index in [-0.39, 0.29) is 17.1 Å². The van der Waals surface area contributed by atoms with Crippen molar-refractivity contribution in [3.8, 4) is 0 Å². The number of carbonyl (C=O) groups excluding carboxylic acids is 1. The molecule has 24 heavy (non-hydrogen) atoms. The summed E-state index contributed by atoms with van der Waals surface area (Å²) in [4.78, 5) is 15.2. The first kappa shape index (κ1) is 17.8. The molecule has 0 atom stereocenters. The maximum absolute atomic E-state index is 12.4. The third kappa shape index (κ3) is 4.71. The third-order valence-corrected chi connectivity index (χ3v) is 4.41. The number of urea groups is 1. The molecule has 3 N–H and O–H groups in total. The zero-order valence-corrected chi connectivity index (χ0v) is 14.1. The minimum Gasteiger partial charge on any atom is -0.354 e. The summed E-state index contributed by atoms with van der Waals surface area (Å²) in [7, 11) is -4.11. The molecule has 2 amide bonds. The molecule has 0 fully saturated rings. The number of nitrogens with zero attached hydrogens (tertiary/aromatic N) is 1. The van der Waals surface area contributed by atoms with E-state index < -0.39 is 16.1 Å². The Morgan fingerprint density at radius 1 is 1.33 bits per heavy atom. The van der Waals surface area contributed by atoms with Gasteiger partial charge in [0.2, 0.25) is 0 Å². The molecule has 1 aromatic heterocycles. The van der Waals surface area contributed by atoms with Gasteiger partial charge in [0.15, 0.2) is 0 Å². The van der Waals surface area contributed by atoms with Crippen molar-refractivity contribution in [3.63, 3.8) is 0 Å². The van der Waals surface area contributed by atoms with E-state index in [2.05, 4.69) is 22.2 Å². The van der Waals surface area contributed by atoms with Gasteiger partial charge in [0, 0.05) is 29.6 Å². The molecule has 0 saturated heterocycles. The number of hydrogen-bond donors (Lipinski definition) is 3. The number of amides is 2. The molecule has 126 valence electrons. The number of halogens is 1. The van der Waals surface area contributed by atoms with Crippen LogP contribution >= 0.6 is 11.6 Å². The fourth-order valence-electron chi connectivity index (χ4n) is 1.80. The molecule has 1 heterocycles. The zero-order valence-electron chi connectivity index (χ0n) is 12.5. The smallest absolute Gasteiger partial charge is 0.328 e. The van der Waals surface area contributed by atoms with Crippen LogP contribution in [0.3, 0.4) is 0 Å². The summed E-state index contributed by atoms with van der Waals surface area (Å²) >= 11 is 5.91. The fraction of sp³-hybridized carbons (Fsp3) is 0.0667. The lowest BCUT2D eigenvalue weighted by atomic mass is 10.3. The number of nitrogens with one attached hydrogen (secondary N) is 3. The van der Waals surface area contributed by atoms with Crippen LogP contribution < -0.4 is 15.4 Å². The molecule has 0 aliphatic rings. The second-order valence-electron chi connectivity index (χ2n) is 4.61. The minimum atomic E-state index is -4.11. The van der Waals surface area contributed by atoms with E-state index >= 15 is 0 Å². The van der Waals surface area contributed by atoms with Crippen molar-refractivity contribution in [1.29, 1.82) is 0 Å². The van der Waals surface area contributed by atoms with Crippen molar-refractivity contribution in [2.24, 2.45) is 0 Å². The Bertz CT molecular complexity index is 855. The van der Waals surface area contributed by atoms with Crippen LogP contribution in [0.25, 0.3) is 0 Å². The van der Waals surface area contributed by atoms with E-state index in [9.17, 15) is 13.2 Å². The summed E-state index contributed by atoms with van der Waals surface area (Å²) in [5, 5.41) is 5.77. The molecule has 0 spiro atoms. The molecule has 7 nitrogen and oxygen atoms in total. The number of rotatable bonds is 6. The molecule has 9 heteroatoms. The molecule has 1 aromatic carbocycles. The number of hydrogen-bond acceptors (Lipinski definition) is 5. The van der Waals surface area contributed by atoms with E-state index in [1.807, 2.05) is 4.72 Å². The Hall–Kier alpha value is -2.58. The van der Waals surface area contributed by atoms with Crippen LogP contribution in [-0.4, -0.2) is 26.0 Å². The Kier molecular flexibility index (Phi) is 5.78. The summed E-state index contributed by atoms with van der Waals surface area (Å²) in [5.74, 6) is 0. The Morgan fingerprint density at radius 3 is 2.83 bits per heavy atom. The first-order chi connectivity index (χ1) is 11.4. The number of benzene rings is 1. The molecule has 0 saturated carbocycles. The van der Waals surface area contributed by atoms with E-state index in [0.717, 1.165) is 6.20 Å². The van der Waals surface area contributed by atoms with Gasteiger partial charge in [-0.05, 0) is 24.3 Å². The van der Waals surface area contributed by atoms with Crippen molar-refractivity contribution >= 4 is 39.0 Å². The van der Waals surface area contributed by atoms with Crippen LogP contribution in [0.2, 0.25) is 5.02 Å². The van der Waals surface area contributed by atoms with Gasteiger partial charge in [0.05, 0.1) is 5.69 Å². The van der Waals surface area contributed by atoms with Crippen LogP contribution in [-0.2, 0) is 10.0 Å². The molecule has 0 bridgehead atoms. The normalized spacial score (nSPS) is 10.7. The van der Waals surface area contributed by atoms with Crippen molar-refractivity contribution < 1.29 is 13.2 Å². The van der Waals surface area contributed by atoms with Gasteiger partial charge in [-0.2, -0.15) is 0 Å². The van der Waals surface area contributed by atoms with Crippen LogP contribution in [0.15, 0.2) is 60.3 Å². The SMILES string of the molecule is C=CCNC(=O)NS(=O)(=O)c1cnccc1Nc1cccc(Cl)c1. The van der Waals surface area contributed by atoms with Crippen molar-refractivity contribution in [2.45, 2.75) is 4.90 Å². The number of pyridine rings is 1. The van der Waals surface area contributed by atoms with Crippen molar-refractivity contribution in [2.75, 3.05) is 11.9 Å². The van der Waals surface area contributed by atoms with Crippen LogP contribution in [0.5, 0.6) is 0 Å². The zero-order chi connectivity index (χ0) is 17.6. The summed E-state index contributed by atoms with van der Waals surface area (Å²) < 4.78 is 26.7. The standard InChI is InChI=1S/C15H15ClN4O3S/c1-2-7-18-15(21)20-24(22,23)14-10-17-8-6-13(14)19-12-5-3-4-11(16)9-12/h2-6,8-10H,1,7H2,(H,17,19)(H2,18,20,21). The second kappa shape index (κ2) is 7.80. The molecule has 0 unspecified atom stereocenters. The molecule has 0 aliphatic heterocycles. The average molecular weight is 367 g/mol. The minimum absolute atomic E-state index is 0.141. The third-order valence-electron chi connectivity index (χ3n) is 2.81. The first-order valence-electron chi connectivity index (χ1n) is 6.80. The summed E-state index contributed by atoms with van der Waals surface area (Å²) in [6.07, 6.45) is 4.02. The average Bonchev–Trinajstić information content (AvgIpc) is 2.53. The second-order valence-corrected chi connectivity index (χ2v) is 6.70. The molecule has 2 aromatic rings. The van der Waals surface area contributed by atoms with Gasteiger partial charge in [-0.1, -0.05) is 23.7 Å². The lowest BCUT2D eigenvalue weighted by Crippen LogP contribution is -2.39. The Balaban J connectivity index is 2.27. The highest BCUT2D eigenvalue weighted by molar-refractivity contribution is 7.90. The lowest BCUT2D eigenvalue weighted by molar-refractivity contribution is 0.247. The van der Waals surface area contributed by atoms with Crippen LogP contribution in [0.1, 0.15) is 0 Å². The van der Waals surface area contributed by atoms with E-state index in [4.69, 9.17) is 11.6 Å². The molecular formula is C15H15ClN4O3S. The van der Waals surface area contributed by atoms with Gasteiger partial charge in [-0.15, -0.1) is 6.58 Å². The van der Waals surface area contributed by atoms with Gasteiger partial charge < -0.3 is 10.6 Å². The maximum atomic E-state index is 12.4. The highest BCUT2D eigenvalue weighted by Gasteiger charge is 2.21. The van der Waals surface area contributed by atoms with Crippen LogP contribution in [0, 0.1) is 0 Å². The van der Waals surface area contributed by atoms with E-state index in [1.165, 1.54) is 18.3 Å². The van der Waals surface area contributed by atoms with Gasteiger partial charge >= 0.3 is 6.03 Å². The lowest BCUT2D eigenvalue weighted by Gasteiger charge is -2.13. The Morgan fingerprint density at radius 2 is 2.12 bits per heavy atom. The fourth-order valence-corrected chi connectivity index (χ4v) is 3.02. The summed E-state index contributed by atoms with van der Waals surface area (Å²) in [6, 6.07) is 7.42. The Labute approximate surface area is 144 Å². The molecular weight excluding hydrogens is 352 g/mol. The number of carbonyl (C=O) groups is 1. The number of sulfonamides is 1. The predicted octanol–water partition coefficient (Wildman–Crippen LogP) is 2.65. The monoisotopic (exact) mass is 366 g/mol. The molecule has 0 radical (unpaired) electrons. The number of anilines is 2. The van der Waals surface area contributed by atoms with E-state index in [1.54, 1.807) is 24.3 Å². The van der Waals surface area contributed by atoms with Crippen LogP contribution in [0.4, 0.5) is 16.2 Å². The molecule has 2 rings (SSSR count). The number of aromatic nitrogens is 1. The van der Waals surface area contributed by atoms with Crippen molar-refractivity contribution in [1.82, 2.24) is 15.0 Å². The summed E-state index contributed by atoms with van der Waals surface area (Å²) in [5.41, 5.74) is 0.859. The van der Waals surface area contributed by atoms with E-state index in [0.29, 0.717) is 10.7 Å². The highest BCUT2D eigenvalue weighted by Crippen LogP contribution is 2.25. The quantitative estimate of drug-likeness (QED) is 0.682. The van der Waals surface area contributed by atoms with Gasteiger partial charge in [0.25, 0.3) is 10.0 Å².